The van der Waals surface area contributed by atoms with Crippen LogP contribution < -0.4 is 0 Å². The molecule has 7 aromatic rings. The summed E-state index contributed by atoms with van der Waals surface area (Å²) >= 11 is 0. The number of benzene rings is 6. The van der Waals surface area contributed by atoms with Crippen molar-refractivity contribution < 1.29 is 0 Å². The molecule has 0 aliphatic heterocycles. The van der Waals surface area contributed by atoms with E-state index in [2.05, 4.69) is 152 Å². The largest absolute Gasteiger partial charge is 0.300 e. The number of hydrogen-bond donors (Lipinski definition) is 0. The first-order chi connectivity index (χ1) is 21.7. The predicted molar refractivity (Wildman–Crippen MR) is 190 cm³/mol. The summed E-state index contributed by atoms with van der Waals surface area (Å²) in [6.07, 6.45) is 8.98. The van der Waals surface area contributed by atoms with Crippen LogP contribution in [0.5, 0.6) is 0 Å². The Morgan fingerprint density at radius 2 is 1.18 bits per heavy atom. The topological polar surface area (TPSA) is 17.8 Å². The quantitative estimate of drug-likeness (QED) is 0.107. The molecule has 2 nitrogen and oxygen atoms in total. The van der Waals surface area contributed by atoms with Crippen molar-refractivity contribution in [2.75, 3.05) is 0 Å². The van der Waals surface area contributed by atoms with Gasteiger partial charge in [-0.05, 0) is 87.0 Å². The number of hydrogen-bond acceptors (Lipinski definition) is 1. The number of aromatic nitrogens is 2. The highest BCUT2D eigenvalue weighted by molar-refractivity contribution is 6.21. The second kappa shape index (κ2) is 11.7. The van der Waals surface area contributed by atoms with Crippen LogP contribution in [-0.4, -0.2) is 9.55 Å². The van der Waals surface area contributed by atoms with Gasteiger partial charge in [0.25, 0.3) is 0 Å². The van der Waals surface area contributed by atoms with Crippen molar-refractivity contribution in [3.05, 3.63) is 158 Å². The van der Waals surface area contributed by atoms with E-state index >= 15 is 0 Å². The van der Waals surface area contributed by atoms with Crippen LogP contribution in [0, 0.1) is 6.92 Å². The van der Waals surface area contributed by atoms with Gasteiger partial charge in [-0.1, -0.05) is 127 Å². The third-order valence-corrected chi connectivity index (χ3v) is 8.44. The third kappa shape index (κ3) is 4.75. The SMILES string of the molecule is C=CC/C(=C\C=C/C)n1c(C)nc2ccc(-c3ccc(-c4c5ccccc5c(-c5ccccc5)c5ccccc45)cc3)cc21. The zero-order valence-electron chi connectivity index (χ0n) is 25.2. The van der Waals surface area contributed by atoms with Crippen molar-refractivity contribution in [1.82, 2.24) is 9.55 Å². The molecule has 0 radical (unpaired) electrons. The maximum absolute atomic E-state index is 4.86. The number of imidazole rings is 1. The average Bonchev–Trinajstić information content (AvgIpc) is 3.40. The Labute approximate surface area is 259 Å². The highest BCUT2D eigenvalue weighted by Crippen LogP contribution is 2.43. The Balaban J connectivity index is 1.37. The van der Waals surface area contributed by atoms with Crippen LogP contribution in [0.2, 0.25) is 0 Å². The van der Waals surface area contributed by atoms with Gasteiger partial charge in [-0.25, -0.2) is 4.98 Å². The zero-order chi connectivity index (χ0) is 30.0. The Morgan fingerprint density at radius 1 is 0.659 bits per heavy atom. The van der Waals surface area contributed by atoms with Gasteiger partial charge < -0.3 is 0 Å². The number of rotatable bonds is 7. The van der Waals surface area contributed by atoms with Crippen LogP contribution in [-0.2, 0) is 0 Å². The number of allylic oxidation sites excluding steroid dienone is 5. The van der Waals surface area contributed by atoms with E-state index < -0.39 is 0 Å². The normalized spacial score (nSPS) is 12.1. The summed E-state index contributed by atoms with van der Waals surface area (Å²) in [5, 5.41) is 5.07. The zero-order valence-corrected chi connectivity index (χ0v) is 25.2. The molecule has 0 aliphatic rings. The second-order valence-electron chi connectivity index (χ2n) is 11.2. The first-order valence-electron chi connectivity index (χ1n) is 15.2. The first-order valence-corrected chi connectivity index (χ1v) is 15.2. The minimum atomic E-state index is 0.764. The monoisotopic (exact) mass is 566 g/mol. The second-order valence-corrected chi connectivity index (χ2v) is 11.2. The average molecular weight is 567 g/mol. The Morgan fingerprint density at radius 3 is 1.75 bits per heavy atom. The summed E-state index contributed by atoms with van der Waals surface area (Å²) in [4.78, 5) is 4.86. The molecule has 0 saturated carbocycles. The Bertz CT molecular complexity index is 2150. The van der Waals surface area contributed by atoms with Crippen molar-refractivity contribution in [1.29, 1.82) is 0 Å². The summed E-state index contributed by atoms with van der Waals surface area (Å²) in [6.45, 7) is 8.09. The fourth-order valence-corrected chi connectivity index (χ4v) is 6.51. The van der Waals surface area contributed by atoms with Crippen molar-refractivity contribution in [3.63, 3.8) is 0 Å². The summed E-state index contributed by atoms with van der Waals surface area (Å²) in [5.74, 6) is 0.975. The van der Waals surface area contributed by atoms with Gasteiger partial charge in [0.1, 0.15) is 5.82 Å². The van der Waals surface area contributed by atoms with E-state index in [-0.39, 0.29) is 0 Å². The lowest BCUT2D eigenvalue weighted by molar-refractivity contribution is 0.993. The van der Waals surface area contributed by atoms with Gasteiger partial charge in [0, 0.05) is 12.1 Å². The molecule has 0 N–H and O–H groups in total. The van der Waals surface area contributed by atoms with E-state index in [9.17, 15) is 0 Å². The summed E-state index contributed by atoms with van der Waals surface area (Å²) in [6, 6.07) is 44.0. The van der Waals surface area contributed by atoms with Crippen LogP contribution in [0.3, 0.4) is 0 Å². The van der Waals surface area contributed by atoms with Crippen molar-refractivity contribution in [3.8, 4) is 33.4 Å². The predicted octanol–water partition coefficient (Wildman–Crippen LogP) is 11.6. The molecular formula is C42H34N2. The Kier molecular flexibility index (Phi) is 7.25. The third-order valence-electron chi connectivity index (χ3n) is 8.44. The number of nitrogens with zero attached hydrogens (tertiary/aromatic N) is 2. The fraction of sp³-hybridized carbons (Fsp3) is 0.0714. The molecule has 2 heteroatoms. The first kappa shape index (κ1) is 27.4. The molecule has 0 amide bonds. The van der Waals surface area contributed by atoms with Gasteiger partial charge in [0.15, 0.2) is 0 Å². The van der Waals surface area contributed by atoms with Crippen LogP contribution in [0.1, 0.15) is 19.2 Å². The molecule has 212 valence electrons. The van der Waals surface area contributed by atoms with E-state index in [0.717, 1.165) is 29.0 Å². The summed E-state index contributed by atoms with van der Waals surface area (Å²) < 4.78 is 2.25. The van der Waals surface area contributed by atoms with Gasteiger partial charge in [0.05, 0.1) is 11.0 Å². The smallest absolute Gasteiger partial charge is 0.111 e. The highest BCUT2D eigenvalue weighted by atomic mass is 15.1. The highest BCUT2D eigenvalue weighted by Gasteiger charge is 2.17. The van der Waals surface area contributed by atoms with Gasteiger partial charge in [-0.3, -0.25) is 4.57 Å². The number of aryl methyl sites for hydroxylation is 1. The van der Waals surface area contributed by atoms with Crippen LogP contribution in [0.15, 0.2) is 152 Å². The van der Waals surface area contributed by atoms with Crippen LogP contribution in [0.4, 0.5) is 0 Å². The van der Waals surface area contributed by atoms with E-state index in [0.29, 0.717) is 0 Å². The van der Waals surface area contributed by atoms with Crippen molar-refractivity contribution in [2.24, 2.45) is 0 Å². The minimum absolute atomic E-state index is 0.764. The lowest BCUT2D eigenvalue weighted by Crippen LogP contribution is -1.99. The molecule has 44 heavy (non-hydrogen) atoms. The number of fused-ring (bicyclic) bond motifs is 3. The van der Waals surface area contributed by atoms with E-state index in [1.54, 1.807) is 0 Å². The van der Waals surface area contributed by atoms with Gasteiger partial charge in [-0.15, -0.1) is 6.58 Å². The van der Waals surface area contributed by atoms with E-state index in [1.807, 2.05) is 19.1 Å². The standard InChI is InChI=1S/C42H34N2/c1-4-6-17-34(14-5-2)44-29(3)43-39-27-26-33(28-40(39)44)30-22-24-32(25-23-30)42-37-20-12-10-18-35(37)41(31-15-8-7-9-16-31)36-19-11-13-21-38(36)42/h4-13,15-28H,2,14H2,1,3H3/b6-4-,34-17+. The molecule has 0 atom stereocenters. The van der Waals surface area contributed by atoms with Crippen molar-refractivity contribution >= 4 is 38.3 Å². The molecule has 1 heterocycles. The van der Waals surface area contributed by atoms with Crippen LogP contribution in [0.25, 0.3) is 71.7 Å². The fourth-order valence-electron chi connectivity index (χ4n) is 6.51. The van der Waals surface area contributed by atoms with Crippen LogP contribution >= 0.6 is 0 Å². The van der Waals surface area contributed by atoms with Gasteiger partial charge >= 0.3 is 0 Å². The maximum Gasteiger partial charge on any atom is 0.111 e. The van der Waals surface area contributed by atoms with E-state index in [1.165, 1.54) is 54.9 Å². The van der Waals surface area contributed by atoms with Crippen molar-refractivity contribution in [2.45, 2.75) is 20.3 Å². The van der Waals surface area contributed by atoms with Gasteiger partial charge in [0.2, 0.25) is 0 Å². The molecule has 7 rings (SSSR count). The van der Waals surface area contributed by atoms with E-state index in [4.69, 9.17) is 4.98 Å². The molecule has 0 aliphatic carbocycles. The molecule has 0 fully saturated rings. The molecule has 0 spiro atoms. The molecule has 0 saturated heterocycles. The lowest BCUT2D eigenvalue weighted by atomic mass is 9.86. The molecule has 1 aromatic heterocycles. The molecule has 0 bridgehead atoms. The summed E-state index contributed by atoms with van der Waals surface area (Å²) in [7, 11) is 0. The van der Waals surface area contributed by atoms with Gasteiger partial charge in [-0.2, -0.15) is 0 Å². The summed E-state index contributed by atoms with van der Waals surface area (Å²) in [5.41, 5.74) is 10.6. The lowest BCUT2D eigenvalue weighted by Gasteiger charge is -2.18. The Hall–Kier alpha value is -5.47. The maximum atomic E-state index is 4.86. The minimum Gasteiger partial charge on any atom is -0.300 e. The molecular weight excluding hydrogens is 532 g/mol. The molecule has 0 unspecified atom stereocenters. The molecule has 6 aromatic carbocycles.